The Labute approximate surface area is 175 Å². The Morgan fingerprint density at radius 1 is 1.20 bits per heavy atom. The number of halogens is 1. The number of nitrogen functional groups attached to an aromatic ring is 1. The third-order valence-corrected chi connectivity index (χ3v) is 4.77. The van der Waals surface area contributed by atoms with Gasteiger partial charge in [-0.2, -0.15) is 0 Å². The van der Waals surface area contributed by atoms with Gasteiger partial charge in [-0.25, -0.2) is 4.98 Å². The molecule has 0 saturated heterocycles. The zero-order valence-electron chi connectivity index (χ0n) is 15.6. The molecule has 4 rings (SSSR count). The van der Waals surface area contributed by atoms with E-state index in [1.54, 1.807) is 36.4 Å². The van der Waals surface area contributed by atoms with Crippen molar-refractivity contribution in [3.8, 4) is 5.75 Å². The molecule has 3 heterocycles. The first-order chi connectivity index (χ1) is 14.5. The van der Waals surface area contributed by atoms with Crippen molar-refractivity contribution in [1.29, 1.82) is 0 Å². The Kier molecular flexibility index (Phi) is 5.42. The number of amides is 1. The van der Waals surface area contributed by atoms with E-state index < -0.39 is 0 Å². The number of H-pyrrole nitrogens is 1. The fourth-order valence-electron chi connectivity index (χ4n) is 2.87. The van der Waals surface area contributed by atoms with Crippen LogP contribution in [-0.4, -0.2) is 15.9 Å². The lowest BCUT2D eigenvalue weighted by Crippen LogP contribution is -2.26. The normalized spacial score (nSPS) is 11.9. The predicted molar refractivity (Wildman–Crippen MR) is 113 cm³/mol. The summed E-state index contributed by atoms with van der Waals surface area (Å²) in [4.78, 5) is 30.9. The van der Waals surface area contributed by atoms with E-state index >= 15 is 0 Å². The molecule has 0 atom stereocenters. The molecule has 1 amide bonds. The number of rotatable bonds is 6. The van der Waals surface area contributed by atoms with E-state index in [9.17, 15) is 9.59 Å². The number of fused-ring (bicyclic) bond motifs is 1. The molecule has 11 heteroatoms. The smallest absolute Gasteiger partial charge is 0.252 e. The Balaban J connectivity index is 1.46. The van der Waals surface area contributed by atoms with E-state index in [0.29, 0.717) is 39.0 Å². The van der Waals surface area contributed by atoms with Crippen LogP contribution < -0.4 is 37.7 Å². The van der Waals surface area contributed by atoms with Crippen molar-refractivity contribution in [3.63, 3.8) is 0 Å². The van der Waals surface area contributed by atoms with Gasteiger partial charge in [0.25, 0.3) is 11.5 Å². The number of hydrogen-bond acceptors (Lipinski definition) is 8. The number of aromatic amines is 1. The van der Waals surface area contributed by atoms with Crippen molar-refractivity contribution in [2.24, 2.45) is 0 Å². The summed E-state index contributed by atoms with van der Waals surface area (Å²) in [6.07, 6.45) is 1.53. The van der Waals surface area contributed by atoms with E-state index in [0.717, 1.165) is 0 Å². The van der Waals surface area contributed by atoms with Crippen molar-refractivity contribution in [2.75, 3.05) is 16.6 Å². The Hall–Kier alpha value is -3.76. The summed E-state index contributed by atoms with van der Waals surface area (Å²) >= 11 is 6.27. The zero-order chi connectivity index (χ0) is 21.1. The fraction of sp³-hybridized carbons (Fsp3) is 0.105. The third-order valence-electron chi connectivity index (χ3n) is 4.40. The van der Waals surface area contributed by atoms with Crippen LogP contribution in [-0.2, 0) is 13.2 Å². The van der Waals surface area contributed by atoms with Crippen LogP contribution in [0.25, 0.3) is 0 Å². The van der Waals surface area contributed by atoms with Gasteiger partial charge in [0.2, 0.25) is 0 Å². The molecule has 3 aromatic rings. The van der Waals surface area contributed by atoms with Gasteiger partial charge < -0.3 is 20.8 Å². The van der Waals surface area contributed by atoms with Gasteiger partial charge in [0.05, 0.1) is 0 Å². The maximum atomic E-state index is 12.5. The molecular formula is C19H18ClN7O3. The summed E-state index contributed by atoms with van der Waals surface area (Å²) in [5, 5.41) is 3.18. The molecule has 0 spiro atoms. The van der Waals surface area contributed by atoms with E-state index in [1.807, 2.05) is 0 Å². The molecule has 0 radical (unpaired) electrons. The molecule has 7 N–H and O–H groups in total. The summed E-state index contributed by atoms with van der Waals surface area (Å²) in [6, 6.07) is 9.80. The SMILES string of the molecule is Nc1cc(OCc2cc(C(=O)NCc3ccc[nH]c3=O)ccc2Cl)c2c(n1)NNN2. The summed E-state index contributed by atoms with van der Waals surface area (Å²) < 4.78 is 5.85. The second-order valence-electron chi connectivity index (χ2n) is 6.45. The topological polar surface area (TPSA) is 146 Å². The minimum absolute atomic E-state index is 0.107. The Bertz CT molecular complexity index is 1170. The maximum Gasteiger partial charge on any atom is 0.252 e. The van der Waals surface area contributed by atoms with Crippen molar-refractivity contribution in [2.45, 2.75) is 13.2 Å². The van der Waals surface area contributed by atoms with Gasteiger partial charge in [0, 0.05) is 40.5 Å². The molecule has 0 bridgehead atoms. The summed E-state index contributed by atoms with van der Waals surface area (Å²) in [5.74, 6) is 0.946. The van der Waals surface area contributed by atoms with Crippen molar-refractivity contribution in [1.82, 2.24) is 20.8 Å². The van der Waals surface area contributed by atoms with E-state index in [2.05, 4.69) is 31.7 Å². The average Bonchev–Trinajstić information content (AvgIpc) is 3.20. The predicted octanol–water partition coefficient (Wildman–Crippen LogP) is 1.77. The standard InChI is InChI=1S/C19H18ClN7O3/c20-13-4-3-10(18(28)23-8-11-2-1-5-22-19(11)29)6-12(13)9-30-14-7-15(21)24-17-16(14)25-27-26-17/h1-7,25,27H,8-9H2,(H,22,29)(H,23,28)(H3,21,24,26). The fourth-order valence-corrected chi connectivity index (χ4v) is 3.05. The lowest BCUT2D eigenvalue weighted by atomic mass is 10.1. The molecule has 0 unspecified atom stereocenters. The maximum absolute atomic E-state index is 12.5. The summed E-state index contributed by atoms with van der Waals surface area (Å²) in [6.45, 7) is 0.216. The first kappa shape index (κ1) is 19.6. The van der Waals surface area contributed by atoms with Gasteiger partial charge >= 0.3 is 0 Å². The molecule has 154 valence electrons. The molecule has 1 aliphatic heterocycles. The van der Waals surface area contributed by atoms with Crippen LogP contribution in [0.1, 0.15) is 21.5 Å². The van der Waals surface area contributed by atoms with Crippen molar-refractivity contribution in [3.05, 3.63) is 74.7 Å². The number of anilines is 3. The van der Waals surface area contributed by atoms with Gasteiger partial charge in [-0.3, -0.25) is 20.4 Å². The molecule has 30 heavy (non-hydrogen) atoms. The first-order valence-corrected chi connectivity index (χ1v) is 9.32. The van der Waals surface area contributed by atoms with Crippen LogP contribution >= 0.6 is 11.6 Å². The molecule has 1 aliphatic rings. The van der Waals surface area contributed by atoms with Crippen LogP contribution in [0.15, 0.2) is 47.4 Å². The Morgan fingerprint density at radius 2 is 2.07 bits per heavy atom. The Morgan fingerprint density at radius 3 is 2.90 bits per heavy atom. The number of nitrogens with one attached hydrogen (secondary N) is 5. The summed E-state index contributed by atoms with van der Waals surface area (Å²) in [7, 11) is 0. The van der Waals surface area contributed by atoms with E-state index in [1.165, 1.54) is 6.20 Å². The quantitative estimate of drug-likeness (QED) is 0.349. The number of hydrogen-bond donors (Lipinski definition) is 6. The third kappa shape index (κ3) is 4.14. The molecule has 0 fully saturated rings. The average molecular weight is 428 g/mol. The zero-order valence-corrected chi connectivity index (χ0v) is 16.3. The number of pyridine rings is 2. The highest BCUT2D eigenvalue weighted by Gasteiger charge is 2.18. The highest BCUT2D eigenvalue weighted by Crippen LogP contribution is 2.35. The highest BCUT2D eigenvalue weighted by atomic mass is 35.5. The van der Waals surface area contributed by atoms with Gasteiger partial charge in [0.15, 0.2) is 11.6 Å². The van der Waals surface area contributed by atoms with Crippen molar-refractivity contribution >= 4 is 34.8 Å². The number of hydrazine groups is 2. The minimum Gasteiger partial charge on any atom is -0.486 e. The van der Waals surface area contributed by atoms with Crippen LogP contribution in [0.4, 0.5) is 17.3 Å². The van der Waals surface area contributed by atoms with E-state index in [4.69, 9.17) is 22.1 Å². The van der Waals surface area contributed by atoms with Crippen LogP contribution in [0.2, 0.25) is 5.02 Å². The van der Waals surface area contributed by atoms with Gasteiger partial charge in [-0.05, 0) is 24.3 Å². The molecule has 10 nitrogen and oxygen atoms in total. The van der Waals surface area contributed by atoms with Crippen LogP contribution in [0.3, 0.4) is 0 Å². The number of benzene rings is 1. The molecule has 1 aromatic carbocycles. The number of nitrogens with zero attached hydrogens (tertiary/aromatic N) is 1. The molecule has 0 aliphatic carbocycles. The van der Waals surface area contributed by atoms with Gasteiger partial charge in [0.1, 0.15) is 18.1 Å². The second kappa shape index (κ2) is 8.31. The first-order valence-electron chi connectivity index (χ1n) is 8.95. The van der Waals surface area contributed by atoms with Crippen molar-refractivity contribution < 1.29 is 9.53 Å². The monoisotopic (exact) mass is 427 g/mol. The minimum atomic E-state index is -0.333. The molecule has 2 aromatic heterocycles. The number of carbonyl (C=O) groups excluding carboxylic acids is 1. The molecule has 0 saturated carbocycles. The number of carbonyl (C=O) groups is 1. The largest absolute Gasteiger partial charge is 0.486 e. The van der Waals surface area contributed by atoms with E-state index in [-0.39, 0.29) is 30.4 Å². The van der Waals surface area contributed by atoms with Crippen LogP contribution in [0, 0.1) is 0 Å². The summed E-state index contributed by atoms with van der Waals surface area (Å²) in [5.41, 5.74) is 16.0. The number of nitrogens with two attached hydrogens (primary N) is 1. The lowest BCUT2D eigenvalue weighted by Gasteiger charge is -2.12. The van der Waals surface area contributed by atoms with Gasteiger partial charge in [-0.15, -0.1) is 5.53 Å². The van der Waals surface area contributed by atoms with Crippen LogP contribution in [0.5, 0.6) is 5.75 Å². The second-order valence-corrected chi connectivity index (χ2v) is 6.85. The highest BCUT2D eigenvalue weighted by molar-refractivity contribution is 6.31. The number of aromatic nitrogens is 2. The number of ether oxygens (including phenoxy) is 1. The van der Waals surface area contributed by atoms with Gasteiger partial charge in [-0.1, -0.05) is 17.7 Å². The molecular weight excluding hydrogens is 410 g/mol. The lowest BCUT2D eigenvalue weighted by molar-refractivity contribution is 0.0950.